The number of carbonyl (C=O) groups excluding carboxylic acids is 4. The molecule has 454 valence electrons. The van der Waals surface area contributed by atoms with Crippen molar-refractivity contribution in [2.24, 2.45) is 33.0 Å². The van der Waals surface area contributed by atoms with Gasteiger partial charge in [0, 0.05) is 146 Å². The number of amides is 3. The number of aryl methyl sites for hydroxylation is 3. The van der Waals surface area contributed by atoms with Crippen LogP contribution in [0.15, 0.2) is 155 Å². The number of halogens is 4. The van der Waals surface area contributed by atoms with Crippen LogP contribution in [0.4, 0.5) is 17.1 Å². The summed E-state index contributed by atoms with van der Waals surface area (Å²) in [5, 5.41) is 39.6. The molecule has 7 heterocycles. The Bertz CT molecular complexity index is 3710. The largest absolute Gasteiger partial charge is 0.478 e. The standard InChI is InChI=1S/C23H23ClN6O2.C14H13N3O3.C11H11N3O2.C9H12ClN3.C3H3ClO.ClH/c1-3-22(31)28-20-5-4-16(9-19(20)17-10-27-29(2)14-17)23(32)30-7-6-15(13-30)8-21-25-11-18(24)12-26-21;1-3-13(18)16-12-5-4-9(14(19)20)6-11(12)10-7-15-17(2)8-10;1-14-6-8(5-13-14)9-4-7(11(15)16)2-3-10(9)12;10-8-5-12-9(13-6-8)3-7-1-2-11-4-7;1-2-3(4)5;/h3-5,9-12,14-15H,1,6-8,13H2,2H3,(H,28,31);3-8H,1H2,2H3,(H,16,18)(H,19,20);2-6H,12H2,1H3,(H,15,16);5-7,11H,1-4H2;2H,1H2;1H/t15-;;;7-;;/m0..0../s1. The molecular weight excluding hydrogens is 1200 g/mol. The van der Waals surface area contributed by atoms with Crippen LogP contribution in [0.2, 0.25) is 10.0 Å². The van der Waals surface area contributed by atoms with Gasteiger partial charge >= 0.3 is 11.9 Å². The van der Waals surface area contributed by atoms with Gasteiger partial charge in [0.05, 0.1) is 39.8 Å². The van der Waals surface area contributed by atoms with E-state index in [-0.39, 0.29) is 41.3 Å². The van der Waals surface area contributed by atoms with Gasteiger partial charge < -0.3 is 36.8 Å². The van der Waals surface area contributed by atoms with Crippen molar-refractivity contribution in [1.29, 1.82) is 0 Å². The predicted octanol–water partition coefficient (Wildman–Crippen LogP) is 9.28. The lowest BCUT2D eigenvalue weighted by atomic mass is 10.0. The van der Waals surface area contributed by atoms with E-state index in [1.165, 1.54) is 30.7 Å². The highest BCUT2D eigenvalue weighted by Crippen LogP contribution is 2.32. The van der Waals surface area contributed by atoms with Gasteiger partial charge in [0.1, 0.15) is 11.6 Å². The summed E-state index contributed by atoms with van der Waals surface area (Å²) >= 11 is 16.3. The fourth-order valence-electron chi connectivity index (χ4n) is 8.70. The summed E-state index contributed by atoms with van der Waals surface area (Å²) in [7, 11) is 5.36. The Kier molecular flexibility index (Phi) is 26.2. The number of nitrogens with two attached hydrogens (primary N) is 1. The first-order chi connectivity index (χ1) is 41.1. The maximum absolute atomic E-state index is 13.2. The highest BCUT2D eigenvalue weighted by molar-refractivity contribution is 6.66. The van der Waals surface area contributed by atoms with Gasteiger partial charge in [0.15, 0.2) is 0 Å². The highest BCUT2D eigenvalue weighted by atomic mass is 35.5. The minimum atomic E-state index is -1.03. The summed E-state index contributed by atoms with van der Waals surface area (Å²) < 4.78 is 4.91. The molecule has 2 aliphatic heterocycles. The van der Waals surface area contributed by atoms with Crippen LogP contribution < -0.4 is 21.7 Å². The Balaban J connectivity index is 0.000000216. The number of aromatic carboxylic acids is 2. The smallest absolute Gasteiger partial charge is 0.335 e. The number of nitrogen functional groups attached to an aromatic ring is 1. The third-order valence-corrected chi connectivity index (χ3v) is 13.5. The zero-order chi connectivity index (χ0) is 62.5. The molecule has 0 spiro atoms. The van der Waals surface area contributed by atoms with Crippen molar-refractivity contribution in [3.05, 3.63) is 193 Å². The quantitative estimate of drug-likeness (QED) is 0.0316. The lowest BCUT2D eigenvalue weighted by Gasteiger charge is -2.18. The van der Waals surface area contributed by atoms with Crippen LogP contribution >= 0.6 is 47.2 Å². The topological polar surface area (TPSA) is 313 Å². The van der Waals surface area contributed by atoms with Gasteiger partial charge in [-0.15, -0.1) is 12.4 Å². The molecule has 0 aliphatic carbocycles. The molecule has 0 unspecified atom stereocenters. The highest BCUT2D eigenvalue weighted by Gasteiger charge is 2.28. The number of likely N-dealkylation sites (tertiary alicyclic amines) is 1. The maximum atomic E-state index is 13.2. The van der Waals surface area contributed by atoms with Crippen molar-refractivity contribution < 1.29 is 39.0 Å². The van der Waals surface area contributed by atoms with E-state index >= 15 is 0 Å². The Morgan fingerprint density at radius 2 is 1.03 bits per heavy atom. The van der Waals surface area contributed by atoms with E-state index in [9.17, 15) is 28.8 Å². The molecule has 2 saturated heterocycles. The first-order valence-corrected chi connectivity index (χ1v) is 27.5. The molecule has 0 bridgehead atoms. The normalized spacial score (nSPS) is 13.6. The van der Waals surface area contributed by atoms with Gasteiger partial charge in [-0.25, -0.2) is 29.5 Å². The molecule has 8 aromatic rings. The number of carboxylic acid groups (broad SMARTS) is 2. The summed E-state index contributed by atoms with van der Waals surface area (Å²) in [6, 6.07) is 14.4. The molecule has 23 nitrogen and oxygen atoms in total. The number of benzene rings is 3. The van der Waals surface area contributed by atoms with Crippen LogP contribution in [0.5, 0.6) is 0 Å². The van der Waals surface area contributed by atoms with Crippen LogP contribution in [0.1, 0.15) is 55.6 Å². The number of carbonyl (C=O) groups is 6. The Hall–Kier alpha value is -9.39. The summed E-state index contributed by atoms with van der Waals surface area (Å²) in [6.45, 7) is 13.5. The molecule has 2 fully saturated rings. The summed E-state index contributed by atoms with van der Waals surface area (Å²) in [6.07, 6.45) is 24.0. The predicted molar refractivity (Wildman–Crippen MR) is 337 cm³/mol. The summed E-state index contributed by atoms with van der Waals surface area (Å²) in [5.74, 6) is -0.101. The first kappa shape index (κ1) is 68.4. The Morgan fingerprint density at radius 1 is 0.621 bits per heavy atom. The van der Waals surface area contributed by atoms with Crippen LogP contribution in [0, 0.1) is 11.8 Å². The van der Waals surface area contributed by atoms with Crippen LogP contribution in [0.3, 0.4) is 0 Å². The fraction of sp³-hybridized carbons (Fsp3) is 0.217. The van der Waals surface area contributed by atoms with E-state index in [0.29, 0.717) is 75.1 Å². The van der Waals surface area contributed by atoms with Crippen molar-refractivity contribution in [2.45, 2.75) is 25.7 Å². The minimum absolute atomic E-state index is 0. The number of rotatable bonds is 15. The molecule has 0 radical (unpaired) electrons. The molecule has 3 aromatic carbocycles. The molecule has 5 aromatic heterocycles. The van der Waals surface area contributed by atoms with Gasteiger partial charge in [0.25, 0.3) is 5.91 Å². The monoisotopic (exact) mass is 1260 g/mol. The summed E-state index contributed by atoms with van der Waals surface area (Å²) in [5.41, 5.74) is 12.7. The number of nitrogens with zero attached hydrogens (tertiary/aromatic N) is 11. The Labute approximate surface area is 522 Å². The lowest BCUT2D eigenvalue weighted by Crippen LogP contribution is -2.29. The molecule has 2 atom stereocenters. The number of anilines is 3. The van der Waals surface area contributed by atoms with Gasteiger partial charge in [0.2, 0.25) is 17.1 Å². The van der Waals surface area contributed by atoms with Crippen LogP contribution in [-0.2, 0) is 48.4 Å². The average Bonchev–Trinajstić information content (AvgIpc) is 2.97. The minimum Gasteiger partial charge on any atom is -0.478 e. The molecular formula is C60H63Cl4N15O8. The van der Waals surface area contributed by atoms with Crippen molar-refractivity contribution in [1.82, 2.24) is 59.5 Å². The summed E-state index contributed by atoms with van der Waals surface area (Å²) in [4.78, 5) is 86.6. The molecule has 2 aliphatic rings. The second kappa shape index (κ2) is 33.3. The van der Waals surface area contributed by atoms with E-state index in [2.05, 4.69) is 70.9 Å². The fourth-order valence-corrected chi connectivity index (χ4v) is 8.89. The zero-order valence-corrected chi connectivity index (χ0v) is 50.6. The zero-order valence-electron chi connectivity index (χ0n) is 47.5. The Morgan fingerprint density at radius 3 is 1.44 bits per heavy atom. The van der Waals surface area contributed by atoms with E-state index < -0.39 is 17.2 Å². The second-order valence-corrected chi connectivity index (χ2v) is 20.6. The molecule has 10 rings (SSSR count). The second-order valence-electron chi connectivity index (χ2n) is 19.3. The van der Waals surface area contributed by atoms with Gasteiger partial charge in [-0.05, 0) is 122 Å². The third-order valence-electron chi connectivity index (χ3n) is 13.0. The van der Waals surface area contributed by atoms with E-state index in [1.807, 2.05) is 18.1 Å². The van der Waals surface area contributed by atoms with Gasteiger partial charge in [-0.3, -0.25) is 33.2 Å². The number of carboxylic acids is 2. The SMILES string of the molecule is C=CC(=O)Cl.C=CC(=O)Nc1ccc(C(=O)N2CC[C@@H](Cc3ncc(Cl)cn3)C2)cc1-c1cnn(C)c1.C=CC(=O)Nc1ccc(C(=O)O)cc1-c1cnn(C)c1.Cl.Clc1cnc(C[C@@H]2CCNC2)nc1.Cn1cc(-c2cc(C(=O)O)ccc2N)cn1. The number of nitrogens with one attached hydrogen (secondary N) is 3. The maximum Gasteiger partial charge on any atom is 0.335 e. The van der Waals surface area contributed by atoms with Crippen LogP contribution in [-0.4, -0.2) is 125 Å². The number of allylic oxidation sites excluding steroid dienone is 1. The van der Waals surface area contributed by atoms with Gasteiger partial charge in [-0.2, -0.15) is 15.3 Å². The number of aromatic nitrogens is 10. The molecule has 0 saturated carbocycles. The van der Waals surface area contributed by atoms with Crippen molar-refractivity contribution in [2.75, 3.05) is 42.5 Å². The average molecular weight is 1260 g/mol. The van der Waals surface area contributed by atoms with E-state index in [1.54, 1.807) is 120 Å². The van der Waals surface area contributed by atoms with Crippen LogP contribution in [0.25, 0.3) is 33.4 Å². The van der Waals surface area contributed by atoms with Crippen molar-refractivity contribution >= 4 is 99.2 Å². The lowest BCUT2D eigenvalue weighted by molar-refractivity contribution is -0.112. The molecule has 87 heavy (non-hydrogen) atoms. The number of hydrogen-bond acceptors (Lipinski definition) is 15. The van der Waals surface area contributed by atoms with Crippen molar-refractivity contribution in [3.8, 4) is 33.4 Å². The van der Waals surface area contributed by atoms with E-state index in [4.69, 9.17) is 50.7 Å². The van der Waals surface area contributed by atoms with Crippen molar-refractivity contribution in [3.63, 3.8) is 0 Å². The molecule has 3 amide bonds. The number of hydrogen-bond donors (Lipinski definition) is 6. The molecule has 7 N–H and O–H groups in total. The van der Waals surface area contributed by atoms with E-state index in [0.717, 1.165) is 72.0 Å². The molecule has 27 heteroatoms. The third kappa shape index (κ3) is 21.0. The van der Waals surface area contributed by atoms with Gasteiger partial charge in [-0.1, -0.05) is 42.9 Å². The first-order valence-electron chi connectivity index (χ1n) is 26.4.